The van der Waals surface area contributed by atoms with Crippen molar-refractivity contribution < 1.29 is 5.11 Å². The maximum absolute atomic E-state index is 9.35. The molecular weight excluding hydrogens is 202 g/mol. The quantitative estimate of drug-likeness (QED) is 0.833. The molecule has 2 heterocycles. The molecule has 0 fully saturated rings. The van der Waals surface area contributed by atoms with Crippen LogP contribution in [0, 0.1) is 6.92 Å². The van der Waals surface area contributed by atoms with Crippen molar-refractivity contribution in [3.8, 4) is 17.1 Å². The molecule has 2 aromatic rings. The van der Waals surface area contributed by atoms with Gasteiger partial charge in [0.05, 0.1) is 5.69 Å². The van der Waals surface area contributed by atoms with Crippen molar-refractivity contribution >= 4 is 0 Å². The van der Waals surface area contributed by atoms with Crippen molar-refractivity contribution in [3.63, 3.8) is 0 Å². The third kappa shape index (κ3) is 2.00. The van der Waals surface area contributed by atoms with Crippen LogP contribution in [0.4, 0.5) is 0 Å². The molecule has 0 aliphatic carbocycles. The smallest absolute Gasteiger partial charge is 0.213 e. The summed E-state index contributed by atoms with van der Waals surface area (Å²) in [5, 5.41) is 9.35. The van der Waals surface area contributed by atoms with Gasteiger partial charge in [-0.25, -0.2) is 15.0 Å². The summed E-state index contributed by atoms with van der Waals surface area (Å²) in [5.41, 5.74) is 3.47. The Kier molecular flexibility index (Phi) is 2.81. The lowest BCUT2D eigenvalue weighted by Gasteiger charge is -2.04. The van der Waals surface area contributed by atoms with Crippen LogP contribution >= 0.6 is 0 Å². The van der Waals surface area contributed by atoms with Crippen molar-refractivity contribution in [2.75, 3.05) is 0 Å². The average molecular weight is 215 g/mol. The van der Waals surface area contributed by atoms with Crippen molar-refractivity contribution in [1.29, 1.82) is 0 Å². The molecular formula is C12H13N3O. The lowest BCUT2D eigenvalue weighted by Crippen LogP contribution is -1.92. The molecule has 0 saturated carbocycles. The molecule has 0 aliphatic rings. The van der Waals surface area contributed by atoms with Crippen LogP contribution in [0.3, 0.4) is 0 Å². The largest absolute Gasteiger partial charge is 0.493 e. The Morgan fingerprint density at radius 1 is 1.19 bits per heavy atom. The van der Waals surface area contributed by atoms with Gasteiger partial charge in [0.2, 0.25) is 5.88 Å². The second-order valence-corrected chi connectivity index (χ2v) is 3.61. The van der Waals surface area contributed by atoms with E-state index in [0.29, 0.717) is 0 Å². The summed E-state index contributed by atoms with van der Waals surface area (Å²) in [6, 6.07) is 3.80. The number of aromatic hydroxyl groups is 1. The number of nitrogens with zero attached hydrogens (tertiary/aromatic N) is 3. The monoisotopic (exact) mass is 215 g/mol. The first-order valence-electron chi connectivity index (χ1n) is 5.17. The summed E-state index contributed by atoms with van der Waals surface area (Å²) >= 11 is 0. The van der Waals surface area contributed by atoms with Crippen molar-refractivity contribution in [1.82, 2.24) is 15.0 Å². The van der Waals surface area contributed by atoms with Crippen molar-refractivity contribution in [2.45, 2.75) is 20.3 Å². The SMILES string of the molecule is CCc1cc(-c2cnc(O)c(C)c2)ncn1. The predicted octanol–water partition coefficient (Wildman–Crippen LogP) is 2.12. The number of hydrogen-bond donors (Lipinski definition) is 1. The number of aryl methyl sites for hydroxylation is 2. The molecule has 4 heteroatoms. The topological polar surface area (TPSA) is 58.9 Å². The van der Waals surface area contributed by atoms with E-state index in [0.717, 1.165) is 28.9 Å². The van der Waals surface area contributed by atoms with Gasteiger partial charge in [-0.1, -0.05) is 6.92 Å². The molecule has 16 heavy (non-hydrogen) atoms. The van der Waals surface area contributed by atoms with Crippen LogP contribution in [-0.2, 0) is 6.42 Å². The van der Waals surface area contributed by atoms with Gasteiger partial charge in [0.25, 0.3) is 0 Å². The van der Waals surface area contributed by atoms with Gasteiger partial charge in [0.1, 0.15) is 6.33 Å². The van der Waals surface area contributed by atoms with Crippen LogP contribution in [0.2, 0.25) is 0 Å². The molecule has 1 N–H and O–H groups in total. The maximum Gasteiger partial charge on any atom is 0.213 e. The highest BCUT2D eigenvalue weighted by Gasteiger charge is 2.04. The molecule has 0 aromatic carbocycles. The summed E-state index contributed by atoms with van der Waals surface area (Å²) in [6.07, 6.45) is 4.04. The normalized spacial score (nSPS) is 10.4. The Morgan fingerprint density at radius 2 is 2.00 bits per heavy atom. The van der Waals surface area contributed by atoms with E-state index in [9.17, 15) is 5.11 Å². The van der Waals surface area contributed by atoms with Crippen LogP contribution in [0.15, 0.2) is 24.7 Å². The first-order chi connectivity index (χ1) is 7.70. The van der Waals surface area contributed by atoms with E-state index in [2.05, 4.69) is 15.0 Å². The van der Waals surface area contributed by atoms with E-state index in [1.54, 1.807) is 12.5 Å². The Hall–Kier alpha value is -1.97. The number of pyridine rings is 1. The van der Waals surface area contributed by atoms with Gasteiger partial charge in [-0.15, -0.1) is 0 Å². The molecule has 0 saturated heterocycles. The van der Waals surface area contributed by atoms with Crippen molar-refractivity contribution in [3.05, 3.63) is 35.9 Å². The zero-order valence-electron chi connectivity index (χ0n) is 9.31. The average Bonchev–Trinajstić information content (AvgIpc) is 2.33. The van der Waals surface area contributed by atoms with E-state index in [1.165, 1.54) is 0 Å². The van der Waals surface area contributed by atoms with Gasteiger partial charge in [0.15, 0.2) is 0 Å². The fourth-order valence-electron chi connectivity index (χ4n) is 1.46. The van der Waals surface area contributed by atoms with Crippen LogP contribution in [0.25, 0.3) is 11.3 Å². The zero-order chi connectivity index (χ0) is 11.5. The maximum atomic E-state index is 9.35. The van der Waals surface area contributed by atoms with Gasteiger partial charge in [-0.2, -0.15) is 0 Å². The van der Waals surface area contributed by atoms with E-state index in [1.807, 2.05) is 26.0 Å². The second-order valence-electron chi connectivity index (χ2n) is 3.61. The third-order valence-electron chi connectivity index (χ3n) is 2.43. The zero-order valence-corrected chi connectivity index (χ0v) is 9.31. The summed E-state index contributed by atoms with van der Waals surface area (Å²) in [6.45, 7) is 3.86. The van der Waals surface area contributed by atoms with Crippen LogP contribution in [0.1, 0.15) is 18.2 Å². The molecule has 0 radical (unpaired) electrons. The Labute approximate surface area is 94.0 Å². The molecule has 4 nitrogen and oxygen atoms in total. The van der Waals surface area contributed by atoms with E-state index in [-0.39, 0.29) is 5.88 Å². The number of rotatable bonds is 2. The van der Waals surface area contributed by atoms with Gasteiger partial charge in [0, 0.05) is 23.0 Å². The minimum absolute atomic E-state index is 0.0634. The lowest BCUT2D eigenvalue weighted by molar-refractivity contribution is 0.449. The first kappa shape index (κ1) is 10.5. The summed E-state index contributed by atoms with van der Waals surface area (Å²) in [4.78, 5) is 12.2. The van der Waals surface area contributed by atoms with Crippen molar-refractivity contribution in [2.24, 2.45) is 0 Å². The minimum Gasteiger partial charge on any atom is -0.493 e. The van der Waals surface area contributed by atoms with Gasteiger partial charge < -0.3 is 5.11 Å². The Bertz CT molecular complexity index is 511. The lowest BCUT2D eigenvalue weighted by atomic mass is 10.1. The summed E-state index contributed by atoms with van der Waals surface area (Å²) in [7, 11) is 0. The standard InChI is InChI=1S/C12H13N3O/c1-3-10-5-11(15-7-14-10)9-4-8(2)12(16)13-6-9/h4-7H,3H2,1-2H3,(H,13,16). The molecule has 0 amide bonds. The molecule has 82 valence electrons. The van der Waals surface area contributed by atoms with Gasteiger partial charge in [-0.05, 0) is 25.5 Å². The number of aromatic nitrogens is 3. The van der Waals surface area contributed by atoms with Crippen LogP contribution in [-0.4, -0.2) is 20.1 Å². The fourth-order valence-corrected chi connectivity index (χ4v) is 1.46. The van der Waals surface area contributed by atoms with Crippen LogP contribution < -0.4 is 0 Å². The fraction of sp³-hybridized carbons (Fsp3) is 0.250. The third-order valence-corrected chi connectivity index (χ3v) is 2.43. The highest BCUT2D eigenvalue weighted by molar-refractivity contribution is 5.59. The summed E-state index contributed by atoms with van der Waals surface area (Å²) < 4.78 is 0. The summed E-state index contributed by atoms with van der Waals surface area (Å²) in [5.74, 6) is 0.0634. The second kappa shape index (κ2) is 4.26. The predicted molar refractivity (Wildman–Crippen MR) is 61.0 cm³/mol. The van der Waals surface area contributed by atoms with Gasteiger partial charge in [-0.3, -0.25) is 0 Å². The van der Waals surface area contributed by atoms with E-state index < -0.39 is 0 Å². The van der Waals surface area contributed by atoms with Gasteiger partial charge >= 0.3 is 0 Å². The highest BCUT2D eigenvalue weighted by atomic mass is 16.3. The minimum atomic E-state index is 0.0634. The number of hydrogen-bond acceptors (Lipinski definition) is 4. The highest BCUT2D eigenvalue weighted by Crippen LogP contribution is 2.21. The van der Waals surface area contributed by atoms with E-state index in [4.69, 9.17) is 0 Å². The Morgan fingerprint density at radius 3 is 2.69 bits per heavy atom. The molecule has 0 spiro atoms. The molecule has 0 atom stereocenters. The van der Waals surface area contributed by atoms with Crippen LogP contribution in [0.5, 0.6) is 5.88 Å². The molecule has 0 unspecified atom stereocenters. The molecule has 2 rings (SSSR count). The molecule has 0 aliphatic heterocycles. The molecule has 2 aromatic heterocycles. The first-order valence-corrected chi connectivity index (χ1v) is 5.17. The molecule has 0 bridgehead atoms. The van der Waals surface area contributed by atoms with E-state index >= 15 is 0 Å². The Balaban J connectivity index is 2.46.